The van der Waals surface area contributed by atoms with Gasteiger partial charge in [0, 0.05) is 10.9 Å². The van der Waals surface area contributed by atoms with Crippen molar-refractivity contribution in [3.8, 4) is 16.9 Å². The maximum atomic E-state index is 4.77. The zero-order valence-electron chi connectivity index (χ0n) is 12.4. The smallest absolute Gasteiger partial charge is 0.143 e. The van der Waals surface area contributed by atoms with E-state index >= 15 is 0 Å². The molecule has 0 fully saturated rings. The van der Waals surface area contributed by atoms with E-state index in [9.17, 15) is 0 Å². The Kier molecular flexibility index (Phi) is 4.04. The van der Waals surface area contributed by atoms with Crippen LogP contribution in [0.3, 0.4) is 0 Å². The van der Waals surface area contributed by atoms with Crippen LogP contribution in [0.25, 0.3) is 27.8 Å². The van der Waals surface area contributed by atoms with E-state index in [0.717, 1.165) is 22.5 Å². The molecule has 4 aromatic rings. The van der Waals surface area contributed by atoms with E-state index in [0.29, 0.717) is 0 Å². The van der Waals surface area contributed by atoms with Crippen molar-refractivity contribution in [3.05, 3.63) is 66.5 Å². The highest BCUT2D eigenvalue weighted by molar-refractivity contribution is 5.85. The van der Waals surface area contributed by atoms with Crippen LogP contribution in [0, 0.1) is 6.92 Å². The topological polar surface area (TPSA) is 56.5 Å². The lowest BCUT2D eigenvalue weighted by Gasteiger charge is -2.08. The molecule has 0 aliphatic rings. The van der Waals surface area contributed by atoms with Crippen molar-refractivity contribution in [2.45, 2.75) is 6.92 Å². The molecule has 0 amide bonds. The van der Waals surface area contributed by atoms with E-state index in [2.05, 4.69) is 34.6 Å². The van der Waals surface area contributed by atoms with Crippen LogP contribution < -0.4 is 0 Å². The SMILES string of the molecule is Cc1cc(-c2cccc(-n3cnnn3)c2)nc2ccccc12.Cl. The molecular formula is C17H14ClN5. The van der Waals surface area contributed by atoms with Crippen LogP contribution in [0.2, 0.25) is 0 Å². The molecule has 0 aliphatic carbocycles. The first-order chi connectivity index (χ1) is 10.8. The van der Waals surface area contributed by atoms with Gasteiger partial charge in [-0.05, 0) is 47.2 Å². The number of para-hydroxylation sites is 1. The van der Waals surface area contributed by atoms with Gasteiger partial charge in [-0.2, -0.15) is 0 Å². The molecule has 0 radical (unpaired) electrons. The van der Waals surface area contributed by atoms with E-state index in [4.69, 9.17) is 4.98 Å². The molecule has 2 aromatic heterocycles. The second-order valence-electron chi connectivity index (χ2n) is 5.15. The van der Waals surface area contributed by atoms with Crippen molar-refractivity contribution in [1.82, 2.24) is 25.2 Å². The van der Waals surface area contributed by atoms with Gasteiger partial charge in [0.1, 0.15) is 6.33 Å². The molecule has 0 bridgehead atoms. The third-order valence-corrected chi connectivity index (χ3v) is 3.68. The summed E-state index contributed by atoms with van der Waals surface area (Å²) in [5, 5.41) is 12.5. The summed E-state index contributed by atoms with van der Waals surface area (Å²) < 4.78 is 1.64. The fourth-order valence-corrected chi connectivity index (χ4v) is 2.58. The van der Waals surface area contributed by atoms with Crippen molar-refractivity contribution >= 4 is 23.3 Å². The van der Waals surface area contributed by atoms with Crippen molar-refractivity contribution in [2.24, 2.45) is 0 Å². The van der Waals surface area contributed by atoms with E-state index in [1.54, 1.807) is 11.0 Å². The van der Waals surface area contributed by atoms with Crippen molar-refractivity contribution in [2.75, 3.05) is 0 Å². The summed E-state index contributed by atoms with van der Waals surface area (Å²) in [5.74, 6) is 0. The van der Waals surface area contributed by atoms with Crippen LogP contribution in [-0.2, 0) is 0 Å². The summed E-state index contributed by atoms with van der Waals surface area (Å²) >= 11 is 0. The van der Waals surface area contributed by atoms with Crippen LogP contribution >= 0.6 is 12.4 Å². The molecule has 2 aromatic carbocycles. The van der Waals surface area contributed by atoms with Crippen LogP contribution in [0.4, 0.5) is 0 Å². The van der Waals surface area contributed by atoms with E-state index < -0.39 is 0 Å². The lowest BCUT2D eigenvalue weighted by molar-refractivity contribution is 0.789. The summed E-state index contributed by atoms with van der Waals surface area (Å²) in [6.07, 6.45) is 1.58. The highest BCUT2D eigenvalue weighted by atomic mass is 35.5. The lowest BCUT2D eigenvalue weighted by atomic mass is 10.0. The monoisotopic (exact) mass is 323 g/mol. The van der Waals surface area contributed by atoms with Crippen LogP contribution in [0.1, 0.15) is 5.56 Å². The zero-order chi connectivity index (χ0) is 14.9. The summed E-state index contributed by atoms with van der Waals surface area (Å²) in [6, 6.07) is 18.3. The molecule has 0 saturated carbocycles. The van der Waals surface area contributed by atoms with Gasteiger partial charge in [0.15, 0.2) is 0 Å². The minimum absolute atomic E-state index is 0. The second-order valence-corrected chi connectivity index (χ2v) is 5.15. The molecular weight excluding hydrogens is 310 g/mol. The highest BCUT2D eigenvalue weighted by Gasteiger charge is 2.06. The fourth-order valence-electron chi connectivity index (χ4n) is 2.58. The van der Waals surface area contributed by atoms with Gasteiger partial charge in [0.25, 0.3) is 0 Å². The number of benzene rings is 2. The van der Waals surface area contributed by atoms with Gasteiger partial charge in [-0.15, -0.1) is 17.5 Å². The van der Waals surface area contributed by atoms with Gasteiger partial charge in [-0.1, -0.05) is 30.3 Å². The number of pyridine rings is 1. The Morgan fingerprint density at radius 1 is 0.957 bits per heavy atom. The Hall–Kier alpha value is -2.79. The molecule has 0 N–H and O–H groups in total. The Labute approximate surface area is 139 Å². The fraction of sp³-hybridized carbons (Fsp3) is 0.0588. The largest absolute Gasteiger partial charge is 0.248 e. The minimum Gasteiger partial charge on any atom is -0.248 e. The molecule has 5 nitrogen and oxygen atoms in total. The highest BCUT2D eigenvalue weighted by Crippen LogP contribution is 2.25. The maximum Gasteiger partial charge on any atom is 0.143 e. The first-order valence-corrected chi connectivity index (χ1v) is 7.01. The number of aromatic nitrogens is 5. The second kappa shape index (κ2) is 6.14. The molecule has 0 aliphatic heterocycles. The van der Waals surface area contributed by atoms with Crippen LogP contribution in [0.15, 0.2) is 60.9 Å². The first-order valence-electron chi connectivity index (χ1n) is 7.01. The van der Waals surface area contributed by atoms with Crippen molar-refractivity contribution < 1.29 is 0 Å². The Bertz CT molecular complexity index is 950. The number of nitrogens with zero attached hydrogens (tertiary/aromatic N) is 5. The zero-order valence-corrected chi connectivity index (χ0v) is 13.2. The number of hydrogen-bond acceptors (Lipinski definition) is 4. The quantitative estimate of drug-likeness (QED) is 0.565. The molecule has 23 heavy (non-hydrogen) atoms. The van der Waals surface area contributed by atoms with Crippen molar-refractivity contribution in [3.63, 3.8) is 0 Å². The molecule has 0 atom stereocenters. The third kappa shape index (κ3) is 2.78. The number of fused-ring (bicyclic) bond motifs is 1. The minimum atomic E-state index is 0. The molecule has 2 heterocycles. The normalized spacial score (nSPS) is 10.5. The molecule has 6 heteroatoms. The van der Waals surface area contributed by atoms with Gasteiger partial charge in [0.05, 0.1) is 16.9 Å². The molecule has 0 saturated heterocycles. The maximum absolute atomic E-state index is 4.77. The van der Waals surface area contributed by atoms with Crippen molar-refractivity contribution in [1.29, 1.82) is 0 Å². The summed E-state index contributed by atoms with van der Waals surface area (Å²) in [5.41, 5.74) is 5.13. The van der Waals surface area contributed by atoms with Gasteiger partial charge < -0.3 is 0 Å². The lowest BCUT2D eigenvalue weighted by Crippen LogP contribution is -1.96. The molecule has 0 unspecified atom stereocenters. The Morgan fingerprint density at radius 3 is 2.65 bits per heavy atom. The van der Waals surface area contributed by atoms with Gasteiger partial charge >= 0.3 is 0 Å². The number of tetrazole rings is 1. The molecule has 0 spiro atoms. The first kappa shape index (κ1) is 15.1. The average Bonchev–Trinajstić information content (AvgIpc) is 3.09. The number of aryl methyl sites for hydroxylation is 1. The predicted molar refractivity (Wildman–Crippen MR) is 91.9 cm³/mol. The molecule has 4 rings (SSSR count). The van der Waals surface area contributed by atoms with E-state index in [-0.39, 0.29) is 12.4 Å². The number of hydrogen-bond donors (Lipinski definition) is 0. The average molecular weight is 324 g/mol. The Balaban J connectivity index is 0.00000156. The summed E-state index contributed by atoms with van der Waals surface area (Å²) in [6.45, 7) is 2.11. The summed E-state index contributed by atoms with van der Waals surface area (Å²) in [4.78, 5) is 4.77. The number of halogens is 1. The Morgan fingerprint density at radius 2 is 1.83 bits per heavy atom. The van der Waals surface area contributed by atoms with E-state index in [1.807, 2.05) is 42.5 Å². The number of rotatable bonds is 2. The van der Waals surface area contributed by atoms with Crippen LogP contribution in [-0.4, -0.2) is 25.2 Å². The van der Waals surface area contributed by atoms with Gasteiger partial charge in [0.2, 0.25) is 0 Å². The van der Waals surface area contributed by atoms with Gasteiger partial charge in [-0.3, -0.25) is 0 Å². The third-order valence-electron chi connectivity index (χ3n) is 3.68. The van der Waals surface area contributed by atoms with Gasteiger partial charge in [-0.25, -0.2) is 9.67 Å². The predicted octanol–water partition coefficient (Wildman–Crippen LogP) is 3.61. The summed E-state index contributed by atoms with van der Waals surface area (Å²) in [7, 11) is 0. The molecule has 114 valence electrons. The van der Waals surface area contributed by atoms with E-state index in [1.165, 1.54) is 10.9 Å². The standard InChI is InChI=1S/C17H13N5.ClH/c1-12-9-17(19-16-8-3-2-7-15(12)16)13-5-4-6-14(10-13)22-11-18-20-21-22;/h2-11H,1H3;1H. The van der Waals surface area contributed by atoms with Crippen LogP contribution in [0.5, 0.6) is 0 Å².